The lowest BCUT2D eigenvalue weighted by atomic mass is 10.1. The van der Waals surface area contributed by atoms with Crippen LogP contribution in [-0.2, 0) is 11.2 Å². The zero-order valence-electron chi connectivity index (χ0n) is 6.69. The topological polar surface area (TPSA) is 122 Å². The van der Waals surface area contributed by atoms with Crippen LogP contribution in [0.2, 0.25) is 0 Å². The van der Waals surface area contributed by atoms with Crippen LogP contribution in [0.15, 0.2) is 9.42 Å². The van der Waals surface area contributed by atoms with E-state index in [0.29, 0.717) is 0 Å². The van der Waals surface area contributed by atoms with E-state index in [1.54, 1.807) is 0 Å². The molecule has 0 saturated carbocycles. The van der Waals surface area contributed by atoms with Gasteiger partial charge in [-0.1, -0.05) is 5.16 Å². The zero-order valence-corrected chi connectivity index (χ0v) is 6.69. The van der Waals surface area contributed by atoms with Gasteiger partial charge in [0.05, 0.1) is 0 Å². The predicted molar refractivity (Wildman–Crippen MR) is 41.1 cm³/mol. The second kappa shape index (κ2) is 3.85. The van der Waals surface area contributed by atoms with Crippen molar-refractivity contribution in [2.24, 2.45) is 5.73 Å². The maximum atomic E-state index is 10.8. The van der Waals surface area contributed by atoms with Crippen molar-refractivity contribution in [3.8, 4) is 0 Å². The van der Waals surface area contributed by atoms with Gasteiger partial charge in [-0.15, -0.1) is 0 Å². The molecule has 0 fully saturated rings. The molecule has 0 radical (unpaired) electrons. The molecule has 0 spiro atoms. The Balaban J connectivity index is 2.48. The number of aromatic amines is 1. The number of carboxylic acids is 1. The molecule has 0 aliphatic carbocycles. The first-order valence-corrected chi connectivity index (χ1v) is 3.63. The van der Waals surface area contributed by atoms with Crippen LogP contribution in [0, 0.1) is 0 Å². The molecular weight excluding hydrogens is 178 g/mol. The van der Waals surface area contributed by atoms with Gasteiger partial charge in [0, 0.05) is 6.42 Å². The molecule has 0 saturated heterocycles. The van der Waals surface area contributed by atoms with Crippen molar-refractivity contribution in [1.82, 2.24) is 10.3 Å². The van der Waals surface area contributed by atoms with E-state index in [1.807, 2.05) is 5.16 Å². The highest BCUT2D eigenvalue weighted by Gasteiger charge is 2.13. The van der Waals surface area contributed by atoms with Crippen LogP contribution in [0.25, 0.3) is 0 Å². The largest absolute Gasteiger partial charge is 0.480 e. The summed E-state index contributed by atoms with van der Waals surface area (Å²) in [4.78, 5) is 21.1. The fraction of sp³-hybridized carbons (Fsp3) is 0.500. The molecule has 1 rings (SSSR count). The monoisotopic (exact) mass is 187 g/mol. The molecule has 0 aliphatic heterocycles. The van der Waals surface area contributed by atoms with Crippen molar-refractivity contribution in [2.75, 3.05) is 0 Å². The van der Waals surface area contributed by atoms with Crippen molar-refractivity contribution in [3.05, 3.63) is 16.0 Å². The summed E-state index contributed by atoms with van der Waals surface area (Å²) in [5, 5.41) is 13.8. The van der Waals surface area contributed by atoms with Gasteiger partial charge in [-0.3, -0.25) is 14.2 Å². The van der Waals surface area contributed by atoms with Crippen molar-refractivity contribution >= 4 is 5.97 Å². The molecule has 1 aromatic rings. The number of aliphatic carboxylic acids is 1. The van der Waals surface area contributed by atoms with Gasteiger partial charge in [-0.2, -0.15) is 5.16 Å². The van der Waals surface area contributed by atoms with Gasteiger partial charge in [0.25, 0.3) is 0 Å². The van der Waals surface area contributed by atoms with E-state index in [1.165, 1.54) is 0 Å². The first-order chi connectivity index (χ1) is 6.11. The van der Waals surface area contributed by atoms with E-state index >= 15 is 0 Å². The Morgan fingerprint density at radius 1 is 1.77 bits per heavy atom. The fourth-order valence-corrected chi connectivity index (χ4v) is 0.795. The Bertz CT molecular complexity index is 342. The lowest BCUT2D eigenvalue weighted by Crippen LogP contribution is -2.31. The van der Waals surface area contributed by atoms with E-state index in [0.717, 1.165) is 0 Å². The smallest absolute Gasteiger partial charge is 0.320 e. The van der Waals surface area contributed by atoms with E-state index in [9.17, 15) is 9.59 Å². The lowest BCUT2D eigenvalue weighted by molar-refractivity contribution is -0.138. The van der Waals surface area contributed by atoms with E-state index < -0.39 is 17.6 Å². The number of aryl methyl sites for hydroxylation is 1. The van der Waals surface area contributed by atoms with Crippen LogP contribution in [0.5, 0.6) is 0 Å². The van der Waals surface area contributed by atoms with E-state index in [-0.39, 0.29) is 18.5 Å². The summed E-state index contributed by atoms with van der Waals surface area (Å²) < 4.78 is 4.26. The first-order valence-electron chi connectivity index (χ1n) is 3.63. The summed E-state index contributed by atoms with van der Waals surface area (Å²) in [5.41, 5.74) is 4.93. The Kier molecular flexibility index (Phi) is 2.80. The summed E-state index contributed by atoms with van der Waals surface area (Å²) in [6.45, 7) is 0. The minimum atomic E-state index is -1.10. The SMILES string of the molecule is N[C@@H](CCc1no[nH]c1=O)C(=O)O. The standard InChI is InChI=1S/C6H9N3O4/c7-3(6(11)12)1-2-4-5(10)9-13-8-4/h3H,1-2,7H2,(H,9,10)(H,11,12)/t3-/m0/s1. The van der Waals surface area contributed by atoms with Crippen LogP contribution in [0.4, 0.5) is 0 Å². The average Bonchev–Trinajstić information content (AvgIpc) is 2.47. The van der Waals surface area contributed by atoms with E-state index in [4.69, 9.17) is 10.8 Å². The molecule has 13 heavy (non-hydrogen) atoms. The van der Waals surface area contributed by atoms with Gasteiger partial charge < -0.3 is 10.8 Å². The zero-order chi connectivity index (χ0) is 9.84. The average molecular weight is 187 g/mol. The van der Waals surface area contributed by atoms with Gasteiger partial charge >= 0.3 is 11.5 Å². The molecule has 1 heterocycles. The van der Waals surface area contributed by atoms with Gasteiger partial charge in [0.2, 0.25) is 0 Å². The normalized spacial score (nSPS) is 12.7. The number of rotatable bonds is 4. The third-order valence-corrected chi connectivity index (χ3v) is 1.57. The maximum Gasteiger partial charge on any atom is 0.320 e. The Labute approximate surface area is 72.5 Å². The Morgan fingerprint density at radius 3 is 2.92 bits per heavy atom. The second-order valence-corrected chi connectivity index (χ2v) is 2.54. The van der Waals surface area contributed by atoms with Gasteiger partial charge in [0.1, 0.15) is 6.04 Å². The summed E-state index contributed by atoms with van der Waals surface area (Å²) in [5.74, 6) is -1.10. The Morgan fingerprint density at radius 2 is 2.46 bits per heavy atom. The minimum Gasteiger partial charge on any atom is -0.480 e. The number of carboxylic acid groups (broad SMARTS) is 1. The minimum absolute atomic E-state index is 0.158. The molecule has 7 nitrogen and oxygen atoms in total. The molecule has 1 atom stereocenters. The van der Waals surface area contributed by atoms with Crippen molar-refractivity contribution in [3.63, 3.8) is 0 Å². The van der Waals surface area contributed by atoms with Gasteiger partial charge in [-0.25, -0.2) is 0 Å². The third kappa shape index (κ3) is 2.41. The van der Waals surface area contributed by atoms with Gasteiger partial charge in [-0.05, 0) is 6.42 Å². The molecule has 0 aliphatic rings. The number of carbonyl (C=O) groups is 1. The molecule has 7 heteroatoms. The van der Waals surface area contributed by atoms with Crippen LogP contribution in [-0.4, -0.2) is 27.4 Å². The van der Waals surface area contributed by atoms with Crippen molar-refractivity contribution in [1.29, 1.82) is 0 Å². The lowest BCUT2D eigenvalue weighted by Gasteiger charge is -2.01. The second-order valence-electron chi connectivity index (χ2n) is 2.54. The quantitative estimate of drug-likeness (QED) is 0.538. The predicted octanol–water partition coefficient (Wildman–Crippen LogP) is -1.29. The van der Waals surface area contributed by atoms with E-state index in [2.05, 4.69) is 9.79 Å². The van der Waals surface area contributed by atoms with Crippen LogP contribution < -0.4 is 11.3 Å². The third-order valence-electron chi connectivity index (χ3n) is 1.57. The number of H-pyrrole nitrogens is 1. The molecule has 0 bridgehead atoms. The highest BCUT2D eigenvalue weighted by Crippen LogP contribution is 1.95. The summed E-state index contributed by atoms with van der Waals surface area (Å²) in [6.07, 6.45) is 0.351. The number of hydrogen-bond donors (Lipinski definition) is 3. The van der Waals surface area contributed by atoms with Crippen LogP contribution in [0.3, 0.4) is 0 Å². The van der Waals surface area contributed by atoms with Crippen LogP contribution in [0.1, 0.15) is 12.1 Å². The Hall–Kier alpha value is -1.63. The number of nitrogens with one attached hydrogen (secondary N) is 1. The fourth-order valence-electron chi connectivity index (χ4n) is 0.795. The van der Waals surface area contributed by atoms with Crippen LogP contribution >= 0.6 is 0 Å². The molecule has 0 amide bonds. The molecule has 0 aromatic carbocycles. The first kappa shape index (κ1) is 9.46. The number of hydrogen-bond acceptors (Lipinski definition) is 5. The maximum absolute atomic E-state index is 10.8. The number of aromatic nitrogens is 2. The molecule has 0 unspecified atom stereocenters. The highest BCUT2D eigenvalue weighted by atomic mass is 16.6. The van der Waals surface area contributed by atoms with Crippen molar-refractivity contribution in [2.45, 2.75) is 18.9 Å². The summed E-state index contributed by atoms with van der Waals surface area (Å²) in [7, 11) is 0. The molecule has 1 aromatic heterocycles. The number of nitrogens with two attached hydrogens (primary N) is 1. The highest BCUT2D eigenvalue weighted by molar-refractivity contribution is 5.72. The van der Waals surface area contributed by atoms with Gasteiger partial charge in [0.15, 0.2) is 5.69 Å². The molecule has 72 valence electrons. The molecular formula is C6H9N3O4. The summed E-state index contributed by atoms with van der Waals surface area (Å²) in [6, 6.07) is -0.976. The summed E-state index contributed by atoms with van der Waals surface area (Å²) >= 11 is 0. The molecule has 4 N–H and O–H groups in total. The number of nitrogens with zero attached hydrogens (tertiary/aromatic N) is 1. The van der Waals surface area contributed by atoms with Crippen molar-refractivity contribution < 1.29 is 14.5 Å².